The highest BCUT2D eigenvalue weighted by molar-refractivity contribution is 9.10. The number of carbonyl (C=O) groups is 1. The van der Waals surface area contributed by atoms with E-state index in [2.05, 4.69) is 15.9 Å². The van der Waals surface area contributed by atoms with Crippen molar-refractivity contribution in [2.45, 2.75) is 10.9 Å². The number of rotatable bonds is 5. The lowest BCUT2D eigenvalue weighted by Gasteiger charge is -2.14. The van der Waals surface area contributed by atoms with Crippen LogP contribution in [0.4, 0.5) is 0 Å². The molecule has 0 saturated heterocycles. The predicted octanol–water partition coefficient (Wildman–Crippen LogP) is 1.48. The molecule has 0 bridgehead atoms. The molecule has 0 amide bonds. The molecule has 10 heteroatoms. The van der Waals surface area contributed by atoms with Crippen LogP contribution in [0.5, 0.6) is 0 Å². The molecule has 1 atom stereocenters. The maximum Gasteiger partial charge on any atom is 0.324 e. The van der Waals surface area contributed by atoms with Crippen LogP contribution < -0.4 is 4.72 Å². The number of benzene rings is 1. The van der Waals surface area contributed by atoms with Gasteiger partial charge in [0.1, 0.15) is 10.9 Å². The molecule has 6 nitrogen and oxygen atoms in total. The van der Waals surface area contributed by atoms with Crippen molar-refractivity contribution in [3.05, 3.63) is 26.7 Å². The van der Waals surface area contributed by atoms with E-state index in [0.717, 1.165) is 0 Å². The molecular formula is C9H8BrCl2NO5S. The second-order valence-electron chi connectivity index (χ2n) is 3.39. The number of halogens is 3. The molecule has 0 radical (unpaired) electrons. The smallest absolute Gasteiger partial charge is 0.324 e. The Morgan fingerprint density at radius 2 is 1.84 bits per heavy atom. The van der Waals surface area contributed by atoms with Crippen LogP contribution in [0.3, 0.4) is 0 Å². The number of hydrogen-bond donors (Lipinski definition) is 3. The quantitative estimate of drug-likeness (QED) is 0.704. The average Bonchev–Trinajstić information content (AvgIpc) is 2.23. The van der Waals surface area contributed by atoms with E-state index in [-0.39, 0.29) is 10.0 Å². The first-order valence-electron chi connectivity index (χ1n) is 4.69. The fourth-order valence-electron chi connectivity index (χ4n) is 1.20. The zero-order valence-corrected chi connectivity index (χ0v) is 13.0. The number of aliphatic carboxylic acids is 1. The summed E-state index contributed by atoms with van der Waals surface area (Å²) in [5.74, 6) is -1.52. The number of aliphatic hydroxyl groups excluding tert-OH is 1. The first-order valence-corrected chi connectivity index (χ1v) is 7.72. The molecule has 0 aromatic heterocycles. The minimum atomic E-state index is -4.27. The van der Waals surface area contributed by atoms with Crippen molar-refractivity contribution in [1.82, 2.24) is 4.72 Å². The molecule has 0 heterocycles. The molecule has 1 aromatic carbocycles. The number of carboxylic acids is 1. The van der Waals surface area contributed by atoms with Crippen LogP contribution >= 0.6 is 39.1 Å². The summed E-state index contributed by atoms with van der Waals surface area (Å²) in [5, 5.41) is 17.2. The van der Waals surface area contributed by atoms with Crippen molar-refractivity contribution in [3.63, 3.8) is 0 Å². The van der Waals surface area contributed by atoms with Gasteiger partial charge in [-0.25, -0.2) is 8.42 Å². The third-order valence-electron chi connectivity index (χ3n) is 2.01. The molecule has 3 N–H and O–H groups in total. The van der Waals surface area contributed by atoms with E-state index in [9.17, 15) is 13.2 Å². The van der Waals surface area contributed by atoms with Crippen LogP contribution in [0.2, 0.25) is 10.0 Å². The maximum atomic E-state index is 12.0. The Hall–Kier alpha value is -0.380. The highest BCUT2D eigenvalue weighted by Gasteiger charge is 2.28. The first kappa shape index (κ1) is 16.7. The Kier molecular flexibility index (Phi) is 5.60. The van der Waals surface area contributed by atoms with Gasteiger partial charge in [0.2, 0.25) is 10.0 Å². The van der Waals surface area contributed by atoms with E-state index >= 15 is 0 Å². The summed E-state index contributed by atoms with van der Waals surface area (Å²) < 4.78 is 26.2. The van der Waals surface area contributed by atoms with Crippen LogP contribution in [-0.4, -0.2) is 37.2 Å². The van der Waals surface area contributed by atoms with Gasteiger partial charge in [-0.15, -0.1) is 0 Å². The van der Waals surface area contributed by atoms with Gasteiger partial charge in [-0.2, -0.15) is 4.72 Å². The van der Waals surface area contributed by atoms with Gasteiger partial charge >= 0.3 is 5.97 Å². The SMILES string of the molecule is O=C(O)C(CO)NS(=O)(=O)c1c(Cl)cc(Br)cc1Cl. The molecule has 1 aromatic rings. The lowest BCUT2D eigenvalue weighted by Crippen LogP contribution is -2.43. The normalized spacial score (nSPS) is 13.3. The zero-order valence-electron chi connectivity index (χ0n) is 9.10. The van der Waals surface area contributed by atoms with E-state index in [1.165, 1.54) is 12.1 Å². The summed E-state index contributed by atoms with van der Waals surface area (Å²) in [6.07, 6.45) is 0. The van der Waals surface area contributed by atoms with E-state index in [4.69, 9.17) is 33.4 Å². The summed E-state index contributed by atoms with van der Waals surface area (Å²) in [4.78, 5) is 10.3. The lowest BCUT2D eigenvalue weighted by atomic mass is 10.3. The van der Waals surface area contributed by atoms with Gasteiger partial charge in [0.15, 0.2) is 0 Å². The maximum absolute atomic E-state index is 12.0. The van der Waals surface area contributed by atoms with Crippen LogP contribution in [0.1, 0.15) is 0 Å². The van der Waals surface area contributed by atoms with Crippen molar-refractivity contribution < 1.29 is 23.4 Å². The van der Waals surface area contributed by atoms with Gasteiger partial charge in [0, 0.05) is 4.47 Å². The molecule has 0 aliphatic rings. The van der Waals surface area contributed by atoms with Crippen LogP contribution in [0, 0.1) is 0 Å². The summed E-state index contributed by atoms with van der Waals surface area (Å²) >= 11 is 14.6. The standard InChI is InChI=1S/C9H8BrCl2NO5S/c10-4-1-5(11)8(6(12)2-4)19(17,18)13-7(3-14)9(15)16/h1-2,7,13-14H,3H2,(H,15,16). The summed E-state index contributed by atoms with van der Waals surface area (Å²) in [5.41, 5.74) is 0. The van der Waals surface area contributed by atoms with Gasteiger partial charge in [-0.05, 0) is 12.1 Å². The van der Waals surface area contributed by atoms with Gasteiger partial charge < -0.3 is 10.2 Å². The molecule has 19 heavy (non-hydrogen) atoms. The Morgan fingerprint density at radius 3 is 2.21 bits per heavy atom. The predicted molar refractivity (Wildman–Crippen MR) is 73.0 cm³/mol. The third-order valence-corrected chi connectivity index (χ3v) is 4.86. The first-order chi connectivity index (χ1) is 8.69. The molecule has 1 rings (SSSR count). The van der Waals surface area contributed by atoms with E-state index in [1.54, 1.807) is 4.72 Å². The molecule has 1 unspecified atom stereocenters. The van der Waals surface area contributed by atoms with Crippen LogP contribution in [0.15, 0.2) is 21.5 Å². The summed E-state index contributed by atoms with van der Waals surface area (Å²) in [6.45, 7) is -0.902. The number of nitrogens with one attached hydrogen (secondary N) is 1. The minimum Gasteiger partial charge on any atom is -0.480 e. The summed E-state index contributed by atoms with van der Waals surface area (Å²) in [7, 11) is -4.27. The van der Waals surface area contributed by atoms with E-state index in [1.807, 2.05) is 0 Å². The monoisotopic (exact) mass is 391 g/mol. The minimum absolute atomic E-state index is 0.172. The Labute approximate surface area is 127 Å². The van der Waals surface area contributed by atoms with Crippen molar-refractivity contribution in [2.24, 2.45) is 0 Å². The molecule has 0 spiro atoms. The van der Waals surface area contributed by atoms with Crippen LogP contribution in [0.25, 0.3) is 0 Å². The lowest BCUT2D eigenvalue weighted by molar-refractivity contribution is -0.139. The average molecular weight is 393 g/mol. The Morgan fingerprint density at radius 1 is 1.37 bits per heavy atom. The second kappa shape index (κ2) is 6.38. The highest BCUT2D eigenvalue weighted by Crippen LogP contribution is 2.32. The van der Waals surface area contributed by atoms with Crippen molar-refractivity contribution in [3.8, 4) is 0 Å². The number of aliphatic hydroxyl groups is 1. The zero-order chi connectivity index (χ0) is 14.8. The van der Waals surface area contributed by atoms with Gasteiger partial charge in [0.25, 0.3) is 0 Å². The Bertz CT molecular complexity index is 584. The van der Waals surface area contributed by atoms with Gasteiger partial charge in [0.05, 0.1) is 16.7 Å². The van der Waals surface area contributed by atoms with Crippen LogP contribution in [-0.2, 0) is 14.8 Å². The number of carboxylic acid groups (broad SMARTS) is 1. The fourth-order valence-corrected chi connectivity index (χ4v) is 4.31. The van der Waals surface area contributed by atoms with E-state index in [0.29, 0.717) is 4.47 Å². The van der Waals surface area contributed by atoms with Crippen molar-refractivity contribution in [2.75, 3.05) is 6.61 Å². The van der Waals surface area contributed by atoms with Crippen molar-refractivity contribution >= 4 is 55.1 Å². The van der Waals surface area contributed by atoms with Gasteiger partial charge in [-0.1, -0.05) is 39.1 Å². The van der Waals surface area contributed by atoms with E-state index < -0.39 is 33.5 Å². The third kappa shape index (κ3) is 4.04. The summed E-state index contributed by atoms with van der Waals surface area (Å²) in [6, 6.07) is 0.925. The van der Waals surface area contributed by atoms with Crippen molar-refractivity contribution in [1.29, 1.82) is 0 Å². The molecular weight excluding hydrogens is 385 g/mol. The molecule has 0 aliphatic carbocycles. The number of sulfonamides is 1. The molecule has 0 aliphatic heterocycles. The molecule has 0 saturated carbocycles. The second-order valence-corrected chi connectivity index (χ2v) is 6.77. The molecule has 0 fully saturated rings. The molecule has 106 valence electrons. The Balaban J connectivity index is 3.25. The number of hydrogen-bond acceptors (Lipinski definition) is 4. The van der Waals surface area contributed by atoms with Gasteiger partial charge in [-0.3, -0.25) is 4.79 Å². The highest BCUT2D eigenvalue weighted by atomic mass is 79.9. The fraction of sp³-hybridized carbons (Fsp3) is 0.222. The largest absolute Gasteiger partial charge is 0.480 e. The topological polar surface area (TPSA) is 104 Å².